The highest BCUT2D eigenvalue weighted by atomic mass is 16.8. The lowest BCUT2D eigenvalue weighted by atomic mass is 9.99. The summed E-state index contributed by atoms with van der Waals surface area (Å²) in [7, 11) is 0. The van der Waals surface area contributed by atoms with Gasteiger partial charge in [0, 0.05) is 0 Å². The highest BCUT2D eigenvalue weighted by molar-refractivity contribution is 5.91. The monoisotopic (exact) mass is 372 g/mol. The Hall–Kier alpha value is -2.11. The lowest BCUT2D eigenvalue weighted by Gasteiger charge is -2.39. The van der Waals surface area contributed by atoms with Gasteiger partial charge in [-0.25, -0.2) is 4.79 Å². The Morgan fingerprint density at radius 2 is 1.81 bits per heavy atom. The van der Waals surface area contributed by atoms with Gasteiger partial charge in [-0.1, -0.05) is 0 Å². The number of esters is 1. The molecule has 2 heterocycles. The van der Waals surface area contributed by atoms with Crippen LogP contribution in [0.15, 0.2) is 12.1 Å². The van der Waals surface area contributed by atoms with E-state index in [0.717, 1.165) is 12.1 Å². The van der Waals surface area contributed by atoms with Crippen LogP contribution in [0.4, 0.5) is 0 Å². The van der Waals surface area contributed by atoms with Crippen molar-refractivity contribution in [3.63, 3.8) is 0 Å². The highest BCUT2D eigenvalue weighted by Gasteiger charge is 2.55. The largest absolute Gasteiger partial charge is 0.504 e. The lowest BCUT2D eigenvalue weighted by molar-refractivity contribution is -0.256. The van der Waals surface area contributed by atoms with E-state index in [-0.39, 0.29) is 5.56 Å². The molecule has 144 valence electrons. The van der Waals surface area contributed by atoms with E-state index < -0.39 is 66.3 Å². The summed E-state index contributed by atoms with van der Waals surface area (Å²) in [4.78, 5) is 12.4. The lowest BCUT2D eigenvalue weighted by Crippen LogP contribution is -2.58. The van der Waals surface area contributed by atoms with Gasteiger partial charge in [-0.2, -0.15) is 0 Å². The van der Waals surface area contributed by atoms with Crippen molar-refractivity contribution in [1.82, 2.24) is 0 Å². The van der Waals surface area contributed by atoms with E-state index in [1.807, 2.05) is 0 Å². The summed E-state index contributed by atoms with van der Waals surface area (Å²) in [6, 6.07) is 1.81. The number of fused-ring (bicyclic) bond motifs is 1. The maximum atomic E-state index is 12.4. The predicted molar refractivity (Wildman–Crippen MR) is 82.4 cm³/mol. The van der Waals surface area contributed by atoms with E-state index >= 15 is 0 Å². The number of carbonyl (C=O) groups excluding carboxylic acids is 1. The van der Waals surface area contributed by atoms with Crippen LogP contribution < -0.4 is 0 Å². The van der Waals surface area contributed by atoms with Crippen molar-refractivity contribution in [2.45, 2.75) is 50.3 Å². The first-order valence-electron chi connectivity index (χ1n) is 7.89. The third kappa shape index (κ3) is 3.29. The standard InChI is InChI=1S/C16H20O10/c1-16(2)25-13-12(11(21)9(5-17)23-15(13)26-16)24-14(22)6-3-7(18)10(20)8(19)4-6/h3-4,9,11-13,15,17-21H,5H2,1-2H3/t9-,11-,12+,13-,15-/m1/s1. The van der Waals surface area contributed by atoms with Crippen molar-refractivity contribution >= 4 is 5.97 Å². The van der Waals surface area contributed by atoms with Gasteiger partial charge in [0.25, 0.3) is 0 Å². The number of rotatable bonds is 3. The van der Waals surface area contributed by atoms with Crippen LogP contribution in [0.5, 0.6) is 17.2 Å². The molecule has 2 saturated heterocycles. The molecule has 0 bridgehead atoms. The number of hydrogen-bond donors (Lipinski definition) is 5. The number of aliphatic hydroxyl groups excluding tert-OH is 2. The van der Waals surface area contributed by atoms with E-state index in [2.05, 4.69) is 0 Å². The molecule has 10 nitrogen and oxygen atoms in total. The Morgan fingerprint density at radius 1 is 1.19 bits per heavy atom. The Morgan fingerprint density at radius 3 is 2.38 bits per heavy atom. The quantitative estimate of drug-likeness (QED) is 0.348. The smallest absolute Gasteiger partial charge is 0.338 e. The van der Waals surface area contributed by atoms with Crippen LogP contribution in [-0.2, 0) is 18.9 Å². The fraction of sp³-hybridized carbons (Fsp3) is 0.562. The second-order valence-electron chi connectivity index (χ2n) is 6.55. The number of hydrogen-bond acceptors (Lipinski definition) is 10. The van der Waals surface area contributed by atoms with Gasteiger partial charge >= 0.3 is 5.97 Å². The van der Waals surface area contributed by atoms with Crippen molar-refractivity contribution in [2.24, 2.45) is 0 Å². The molecule has 5 atom stereocenters. The maximum absolute atomic E-state index is 12.4. The molecule has 0 aromatic heterocycles. The van der Waals surface area contributed by atoms with Gasteiger partial charge < -0.3 is 44.5 Å². The Bertz CT molecular complexity index is 679. The van der Waals surface area contributed by atoms with Crippen LogP contribution in [0.25, 0.3) is 0 Å². The molecule has 2 fully saturated rings. The summed E-state index contributed by atoms with van der Waals surface area (Å²) in [6.07, 6.45) is -5.62. The average molecular weight is 372 g/mol. The first kappa shape index (κ1) is 18.7. The van der Waals surface area contributed by atoms with E-state index in [9.17, 15) is 30.3 Å². The Kier molecular flexibility index (Phi) is 4.71. The number of phenols is 3. The predicted octanol–water partition coefficient (Wildman–Crippen LogP) is -0.442. The molecule has 0 spiro atoms. The fourth-order valence-electron chi connectivity index (χ4n) is 2.95. The summed E-state index contributed by atoms with van der Waals surface area (Å²) >= 11 is 0. The summed E-state index contributed by atoms with van der Waals surface area (Å²) < 4.78 is 21.9. The molecular weight excluding hydrogens is 352 g/mol. The third-order valence-electron chi connectivity index (χ3n) is 4.17. The number of ether oxygens (including phenoxy) is 4. The topological polar surface area (TPSA) is 155 Å². The van der Waals surface area contributed by atoms with Crippen LogP contribution >= 0.6 is 0 Å². The number of benzene rings is 1. The highest BCUT2D eigenvalue weighted by Crippen LogP contribution is 2.39. The molecule has 1 aromatic carbocycles. The molecule has 26 heavy (non-hydrogen) atoms. The van der Waals surface area contributed by atoms with Gasteiger partial charge in [0.15, 0.2) is 41.5 Å². The van der Waals surface area contributed by atoms with Crippen LogP contribution in [-0.4, -0.2) is 74.6 Å². The minimum Gasteiger partial charge on any atom is -0.504 e. The fourth-order valence-corrected chi connectivity index (χ4v) is 2.95. The second-order valence-corrected chi connectivity index (χ2v) is 6.55. The van der Waals surface area contributed by atoms with Crippen LogP contribution in [0.1, 0.15) is 24.2 Å². The number of carbonyl (C=O) groups is 1. The Balaban J connectivity index is 1.85. The van der Waals surface area contributed by atoms with E-state index in [1.165, 1.54) is 0 Å². The second kappa shape index (κ2) is 6.56. The van der Waals surface area contributed by atoms with E-state index in [4.69, 9.17) is 18.9 Å². The van der Waals surface area contributed by atoms with Crippen LogP contribution in [0, 0.1) is 0 Å². The third-order valence-corrected chi connectivity index (χ3v) is 4.17. The molecule has 2 aliphatic heterocycles. The molecule has 3 rings (SSSR count). The average Bonchev–Trinajstić information content (AvgIpc) is 2.88. The van der Waals surface area contributed by atoms with Crippen molar-refractivity contribution in [3.8, 4) is 17.2 Å². The van der Waals surface area contributed by atoms with Crippen LogP contribution in [0.2, 0.25) is 0 Å². The molecular formula is C16H20O10. The van der Waals surface area contributed by atoms with Crippen molar-refractivity contribution in [2.75, 3.05) is 6.61 Å². The summed E-state index contributed by atoms with van der Waals surface area (Å²) in [5.74, 6) is -4.25. The normalized spacial score (nSPS) is 32.8. The molecule has 10 heteroatoms. The maximum Gasteiger partial charge on any atom is 0.338 e. The van der Waals surface area contributed by atoms with Crippen molar-refractivity contribution in [1.29, 1.82) is 0 Å². The van der Waals surface area contributed by atoms with Gasteiger partial charge in [-0.05, 0) is 26.0 Å². The van der Waals surface area contributed by atoms with Gasteiger partial charge in [0.2, 0.25) is 0 Å². The van der Waals surface area contributed by atoms with E-state index in [1.54, 1.807) is 13.8 Å². The summed E-state index contributed by atoms with van der Waals surface area (Å²) in [6.45, 7) is 2.69. The summed E-state index contributed by atoms with van der Waals surface area (Å²) in [5.41, 5.74) is -0.258. The zero-order valence-corrected chi connectivity index (χ0v) is 14.0. The van der Waals surface area contributed by atoms with Gasteiger partial charge in [-0.3, -0.25) is 0 Å². The molecule has 1 aromatic rings. The number of aliphatic hydroxyl groups is 2. The first-order valence-corrected chi connectivity index (χ1v) is 7.89. The van der Waals surface area contributed by atoms with Gasteiger partial charge in [0.1, 0.15) is 12.2 Å². The minimum absolute atomic E-state index is 0.258. The Labute approximate surface area is 148 Å². The molecule has 0 unspecified atom stereocenters. The van der Waals surface area contributed by atoms with Gasteiger partial charge in [-0.15, -0.1) is 0 Å². The molecule has 0 amide bonds. The molecule has 0 saturated carbocycles. The minimum atomic E-state index is -1.40. The number of phenolic OH excluding ortho intramolecular Hbond substituents is 3. The number of aromatic hydroxyl groups is 3. The SMILES string of the molecule is CC1(C)O[C@H]2O[C@H](CO)[C@@H](O)[C@H](OC(=O)c3cc(O)c(O)c(O)c3)[C@H]2O1. The molecule has 0 aliphatic carbocycles. The van der Waals surface area contributed by atoms with Gasteiger partial charge in [0.05, 0.1) is 12.2 Å². The first-order chi connectivity index (χ1) is 12.1. The van der Waals surface area contributed by atoms with Crippen LogP contribution in [0.3, 0.4) is 0 Å². The zero-order valence-electron chi connectivity index (χ0n) is 14.0. The van der Waals surface area contributed by atoms with E-state index in [0.29, 0.717) is 0 Å². The van der Waals surface area contributed by atoms with Crippen molar-refractivity contribution in [3.05, 3.63) is 17.7 Å². The van der Waals surface area contributed by atoms with Crippen molar-refractivity contribution < 1.29 is 49.3 Å². The zero-order chi connectivity index (χ0) is 19.2. The molecule has 2 aliphatic rings. The summed E-state index contributed by atoms with van der Waals surface area (Å²) in [5, 5.41) is 48.1. The molecule has 0 radical (unpaired) electrons. The molecule has 5 N–H and O–H groups in total.